The zero-order valence-electron chi connectivity index (χ0n) is 13.8. The molecule has 0 aromatic carbocycles. The van der Waals surface area contributed by atoms with Gasteiger partial charge in [0.05, 0.1) is 0 Å². The molecule has 2 aromatic heterocycles. The zero-order valence-corrected chi connectivity index (χ0v) is 13.8. The van der Waals surface area contributed by atoms with Crippen molar-refractivity contribution < 1.29 is 9.34 Å². The molecule has 0 atom stereocenters. The van der Waals surface area contributed by atoms with Gasteiger partial charge in [-0.3, -0.25) is 4.57 Å². The molecular weight excluding hydrogens is 326 g/mol. The lowest BCUT2D eigenvalue weighted by Gasteiger charge is -2.35. The van der Waals surface area contributed by atoms with Gasteiger partial charge in [0, 0.05) is 39.1 Å². The van der Waals surface area contributed by atoms with Crippen LogP contribution in [0.4, 0.5) is 17.5 Å². The maximum absolute atomic E-state index is 11.2. The number of anilines is 2. The highest BCUT2D eigenvalue weighted by Gasteiger charge is 2.33. The molecule has 2 fully saturated rings. The monoisotopic (exact) mass is 343 g/mol. The van der Waals surface area contributed by atoms with Crippen LogP contribution in [-0.2, 0) is 7.05 Å². The minimum absolute atomic E-state index is 0.135. The summed E-state index contributed by atoms with van der Waals surface area (Å²) in [6.45, 7) is 2.34. The van der Waals surface area contributed by atoms with E-state index < -0.39 is 4.92 Å². The standard InChI is InChI=1S/C15H17N7O3/c1-19-9-17-12(22(23)24)14(19)20-4-6-21(7-5-20)15-11(8-16)18-13(25-15)10-2-3-10/h9-10H,2-7H2,1H3. The van der Waals surface area contributed by atoms with Crippen molar-refractivity contribution in [2.45, 2.75) is 18.8 Å². The Hall–Kier alpha value is -3.09. The maximum atomic E-state index is 11.2. The van der Waals surface area contributed by atoms with Crippen LogP contribution in [0.25, 0.3) is 0 Å². The van der Waals surface area contributed by atoms with Crippen LogP contribution in [0.3, 0.4) is 0 Å². The van der Waals surface area contributed by atoms with Crippen molar-refractivity contribution in [3.8, 4) is 6.07 Å². The highest BCUT2D eigenvalue weighted by Crippen LogP contribution is 2.41. The van der Waals surface area contributed by atoms with Gasteiger partial charge in [-0.15, -0.1) is 0 Å². The fraction of sp³-hybridized carbons (Fsp3) is 0.533. The number of nitrogens with zero attached hydrogens (tertiary/aromatic N) is 7. The molecule has 25 heavy (non-hydrogen) atoms. The summed E-state index contributed by atoms with van der Waals surface area (Å²) in [6, 6.07) is 2.10. The third kappa shape index (κ3) is 2.67. The SMILES string of the molecule is Cn1cnc([N+](=O)[O-])c1N1CCN(c2oc(C3CC3)nc2C#N)CC1. The summed E-state index contributed by atoms with van der Waals surface area (Å²) in [5.41, 5.74) is 0.321. The average Bonchev–Trinajstić information content (AvgIpc) is 3.25. The first-order valence-corrected chi connectivity index (χ1v) is 8.15. The largest absolute Gasteiger partial charge is 0.423 e. The van der Waals surface area contributed by atoms with Crippen LogP contribution >= 0.6 is 0 Å². The van der Waals surface area contributed by atoms with Crippen molar-refractivity contribution in [1.82, 2.24) is 14.5 Å². The number of imidazole rings is 1. The second-order valence-corrected chi connectivity index (χ2v) is 6.33. The van der Waals surface area contributed by atoms with E-state index in [1.807, 2.05) is 9.80 Å². The molecule has 10 nitrogen and oxygen atoms in total. The van der Waals surface area contributed by atoms with E-state index in [1.165, 1.54) is 6.33 Å². The summed E-state index contributed by atoms with van der Waals surface area (Å²) in [6.07, 6.45) is 3.57. The van der Waals surface area contributed by atoms with E-state index in [4.69, 9.17) is 4.42 Å². The van der Waals surface area contributed by atoms with Gasteiger partial charge in [0.15, 0.2) is 0 Å². The highest BCUT2D eigenvalue weighted by molar-refractivity contribution is 5.57. The first kappa shape index (κ1) is 15.4. The Morgan fingerprint density at radius 3 is 2.60 bits per heavy atom. The van der Waals surface area contributed by atoms with Crippen molar-refractivity contribution in [3.05, 3.63) is 28.0 Å². The molecule has 130 valence electrons. The van der Waals surface area contributed by atoms with Gasteiger partial charge < -0.3 is 24.3 Å². The molecule has 1 aliphatic heterocycles. The molecule has 4 rings (SSSR count). The molecule has 0 bridgehead atoms. The Morgan fingerprint density at radius 1 is 1.32 bits per heavy atom. The molecule has 3 heterocycles. The fourth-order valence-electron chi connectivity index (χ4n) is 3.15. The highest BCUT2D eigenvalue weighted by atomic mass is 16.6. The smallest absolute Gasteiger partial charge is 0.406 e. The van der Waals surface area contributed by atoms with Gasteiger partial charge in [-0.2, -0.15) is 5.26 Å². The lowest BCUT2D eigenvalue weighted by atomic mass is 10.3. The predicted molar refractivity (Wildman–Crippen MR) is 87.5 cm³/mol. The van der Waals surface area contributed by atoms with E-state index in [0.29, 0.717) is 55.4 Å². The van der Waals surface area contributed by atoms with E-state index in [1.54, 1.807) is 11.6 Å². The number of nitro groups is 1. The number of rotatable bonds is 4. The summed E-state index contributed by atoms with van der Waals surface area (Å²) < 4.78 is 7.49. The quantitative estimate of drug-likeness (QED) is 0.604. The van der Waals surface area contributed by atoms with Gasteiger partial charge >= 0.3 is 5.82 Å². The number of piperazine rings is 1. The van der Waals surface area contributed by atoms with Gasteiger partial charge in [-0.1, -0.05) is 0 Å². The Kier molecular flexibility index (Phi) is 3.56. The third-order valence-corrected chi connectivity index (χ3v) is 4.58. The molecule has 0 unspecified atom stereocenters. The molecule has 2 aromatic rings. The molecule has 0 radical (unpaired) electrons. The molecule has 0 spiro atoms. The van der Waals surface area contributed by atoms with Crippen LogP contribution in [0, 0.1) is 21.4 Å². The molecule has 2 aliphatic rings. The van der Waals surface area contributed by atoms with Gasteiger partial charge in [0.1, 0.15) is 6.07 Å². The summed E-state index contributed by atoms with van der Waals surface area (Å²) in [4.78, 5) is 22.8. The average molecular weight is 343 g/mol. The molecule has 1 saturated carbocycles. The van der Waals surface area contributed by atoms with E-state index in [9.17, 15) is 15.4 Å². The van der Waals surface area contributed by atoms with E-state index >= 15 is 0 Å². The van der Waals surface area contributed by atoms with E-state index in [-0.39, 0.29) is 5.82 Å². The topological polar surface area (TPSA) is 117 Å². The number of hydrogen-bond acceptors (Lipinski definition) is 8. The third-order valence-electron chi connectivity index (χ3n) is 4.58. The molecular formula is C15H17N7O3. The van der Waals surface area contributed by atoms with Crippen molar-refractivity contribution >= 4 is 17.5 Å². The first-order chi connectivity index (χ1) is 12.1. The minimum Gasteiger partial charge on any atom is -0.423 e. The molecule has 1 saturated heterocycles. The number of hydrogen-bond donors (Lipinski definition) is 0. The van der Waals surface area contributed by atoms with Crippen LogP contribution in [0.2, 0.25) is 0 Å². The molecule has 0 amide bonds. The van der Waals surface area contributed by atoms with Crippen LogP contribution in [0.1, 0.15) is 30.3 Å². The molecule has 1 aliphatic carbocycles. The Balaban J connectivity index is 1.52. The van der Waals surface area contributed by atoms with Crippen molar-refractivity contribution in [2.75, 3.05) is 36.0 Å². The van der Waals surface area contributed by atoms with Crippen molar-refractivity contribution in [1.29, 1.82) is 5.26 Å². The Morgan fingerprint density at radius 2 is 2.00 bits per heavy atom. The number of nitriles is 1. The van der Waals surface area contributed by atoms with Crippen LogP contribution in [0.15, 0.2) is 10.7 Å². The normalized spacial score (nSPS) is 17.6. The summed E-state index contributed by atoms with van der Waals surface area (Å²) in [7, 11) is 1.74. The summed E-state index contributed by atoms with van der Waals surface area (Å²) in [5, 5.41) is 20.5. The molecule has 0 N–H and O–H groups in total. The van der Waals surface area contributed by atoms with Crippen molar-refractivity contribution in [3.63, 3.8) is 0 Å². The first-order valence-electron chi connectivity index (χ1n) is 8.15. The predicted octanol–water partition coefficient (Wildman–Crippen LogP) is 1.39. The maximum Gasteiger partial charge on any atom is 0.406 e. The lowest BCUT2D eigenvalue weighted by molar-refractivity contribution is -0.388. The number of aromatic nitrogens is 3. The second-order valence-electron chi connectivity index (χ2n) is 6.33. The van der Waals surface area contributed by atoms with Crippen LogP contribution in [-0.4, -0.2) is 45.6 Å². The Labute approximate surface area is 143 Å². The van der Waals surface area contributed by atoms with Gasteiger partial charge in [0.25, 0.3) is 0 Å². The number of oxazole rings is 1. The van der Waals surface area contributed by atoms with Crippen LogP contribution < -0.4 is 9.80 Å². The van der Waals surface area contributed by atoms with Gasteiger partial charge in [-0.05, 0) is 22.7 Å². The van der Waals surface area contributed by atoms with Gasteiger partial charge in [-0.25, -0.2) is 4.98 Å². The van der Waals surface area contributed by atoms with Crippen LogP contribution in [0.5, 0.6) is 0 Å². The summed E-state index contributed by atoms with van der Waals surface area (Å²) in [5.74, 6) is 1.88. The minimum atomic E-state index is -0.464. The summed E-state index contributed by atoms with van der Waals surface area (Å²) >= 11 is 0. The van der Waals surface area contributed by atoms with E-state index in [2.05, 4.69) is 16.0 Å². The van der Waals surface area contributed by atoms with E-state index in [0.717, 1.165) is 12.8 Å². The van der Waals surface area contributed by atoms with Crippen molar-refractivity contribution in [2.24, 2.45) is 7.05 Å². The van der Waals surface area contributed by atoms with Gasteiger partial charge in [0.2, 0.25) is 29.6 Å². The lowest BCUT2D eigenvalue weighted by Crippen LogP contribution is -2.47. The fourth-order valence-corrected chi connectivity index (χ4v) is 3.15. The Bertz CT molecular complexity index is 853. The number of aryl methyl sites for hydroxylation is 1. The second kappa shape index (κ2) is 5.77. The molecule has 10 heteroatoms. The zero-order chi connectivity index (χ0) is 17.6.